The zero-order valence-corrected chi connectivity index (χ0v) is 15.8. The normalized spacial score (nSPS) is 15.9. The number of pyridine rings is 1. The van der Waals surface area contributed by atoms with Crippen LogP contribution in [-0.4, -0.2) is 39.8 Å². The van der Waals surface area contributed by atoms with Crippen molar-refractivity contribution in [1.82, 2.24) is 19.6 Å². The van der Waals surface area contributed by atoms with Gasteiger partial charge in [0.05, 0.1) is 18.8 Å². The van der Waals surface area contributed by atoms with Gasteiger partial charge in [-0.2, -0.15) is 0 Å². The molecule has 0 spiro atoms. The van der Waals surface area contributed by atoms with Crippen LogP contribution >= 0.6 is 0 Å². The van der Waals surface area contributed by atoms with Crippen molar-refractivity contribution in [3.63, 3.8) is 0 Å². The number of hydrogen-bond donors (Lipinski definition) is 1. The number of piperidine rings is 1. The summed E-state index contributed by atoms with van der Waals surface area (Å²) in [6.45, 7) is 4.94. The second-order valence-corrected chi connectivity index (χ2v) is 7.37. The summed E-state index contributed by atoms with van der Waals surface area (Å²) in [4.78, 5) is 19.2. The minimum Gasteiger partial charge on any atom is -0.349 e. The Morgan fingerprint density at radius 3 is 2.63 bits per heavy atom. The van der Waals surface area contributed by atoms with E-state index in [0.717, 1.165) is 43.0 Å². The van der Waals surface area contributed by atoms with Crippen LogP contribution in [0.25, 0.3) is 5.65 Å². The smallest absolute Gasteiger partial charge is 0.234 e. The van der Waals surface area contributed by atoms with Crippen LogP contribution in [0.3, 0.4) is 0 Å². The molecule has 0 saturated carbocycles. The molecule has 5 nitrogen and oxygen atoms in total. The van der Waals surface area contributed by atoms with E-state index >= 15 is 0 Å². The highest BCUT2D eigenvalue weighted by molar-refractivity contribution is 5.78. The van der Waals surface area contributed by atoms with E-state index in [0.29, 0.717) is 19.0 Å². The van der Waals surface area contributed by atoms with Crippen LogP contribution in [0.4, 0.5) is 0 Å². The van der Waals surface area contributed by atoms with E-state index in [1.807, 2.05) is 18.3 Å². The number of carbonyl (C=O) groups excluding carboxylic acids is 1. The number of nitrogens with zero attached hydrogens (tertiary/aromatic N) is 3. The van der Waals surface area contributed by atoms with Gasteiger partial charge in [-0.15, -0.1) is 0 Å². The third-order valence-corrected chi connectivity index (χ3v) is 5.44. The summed E-state index contributed by atoms with van der Waals surface area (Å²) in [5, 5.41) is 3.01. The summed E-state index contributed by atoms with van der Waals surface area (Å²) in [5.74, 6) is 0.689. The predicted octanol–water partition coefficient (Wildman–Crippen LogP) is 3.14. The number of nitrogens with one attached hydrogen (secondary N) is 1. The van der Waals surface area contributed by atoms with E-state index < -0.39 is 0 Å². The van der Waals surface area contributed by atoms with Gasteiger partial charge in [0, 0.05) is 11.9 Å². The molecule has 1 saturated heterocycles. The fourth-order valence-electron chi connectivity index (χ4n) is 3.88. The second kappa shape index (κ2) is 7.92. The standard InChI is InChI=1S/C22H26N4O/c1-17-6-5-9-21-24-20(15-26(17)21)14-23-22(27)16-25-12-10-19(11-13-25)18-7-3-2-4-8-18/h2-9,15,19H,10-14,16H2,1H3,(H,23,27). The molecule has 0 atom stereocenters. The highest BCUT2D eigenvalue weighted by atomic mass is 16.2. The Balaban J connectivity index is 1.25. The fourth-order valence-corrected chi connectivity index (χ4v) is 3.88. The molecular weight excluding hydrogens is 336 g/mol. The Morgan fingerprint density at radius 1 is 1.11 bits per heavy atom. The third kappa shape index (κ3) is 4.19. The highest BCUT2D eigenvalue weighted by Crippen LogP contribution is 2.27. The number of imidazole rings is 1. The summed E-state index contributed by atoms with van der Waals surface area (Å²) in [6, 6.07) is 16.7. The molecule has 5 heteroatoms. The number of benzene rings is 1. The molecule has 140 valence electrons. The second-order valence-electron chi connectivity index (χ2n) is 7.37. The average Bonchev–Trinajstić information content (AvgIpc) is 3.12. The quantitative estimate of drug-likeness (QED) is 0.759. The average molecular weight is 362 g/mol. The van der Waals surface area contributed by atoms with Crippen LogP contribution in [-0.2, 0) is 11.3 Å². The van der Waals surface area contributed by atoms with Gasteiger partial charge >= 0.3 is 0 Å². The first kappa shape index (κ1) is 17.7. The summed E-state index contributed by atoms with van der Waals surface area (Å²) < 4.78 is 2.05. The summed E-state index contributed by atoms with van der Waals surface area (Å²) >= 11 is 0. The Bertz CT molecular complexity index is 910. The van der Waals surface area contributed by atoms with E-state index in [4.69, 9.17) is 0 Å². The number of likely N-dealkylation sites (tertiary alicyclic amines) is 1. The number of rotatable bonds is 5. The maximum absolute atomic E-state index is 12.3. The molecule has 1 fully saturated rings. The lowest BCUT2D eigenvalue weighted by Gasteiger charge is -2.31. The molecule has 1 aliphatic heterocycles. The SMILES string of the molecule is Cc1cccc2nc(CNC(=O)CN3CCC(c4ccccc4)CC3)cn12. The van der Waals surface area contributed by atoms with Gasteiger partial charge < -0.3 is 9.72 Å². The molecule has 0 aliphatic carbocycles. The predicted molar refractivity (Wildman–Crippen MR) is 107 cm³/mol. The third-order valence-electron chi connectivity index (χ3n) is 5.44. The maximum atomic E-state index is 12.3. The number of hydrogen-bond acceptors (Lipinski definition) is 3. The molecule has 4 rings (SSSR count). The molecule has 1 amide bonds. The van der Waals surface area contributed by atoms with E-state index in [2.05, 4.69) is 62.9 Å². The maximum Gasteiger partial charge on any atom is 0.234 e. The molecule has 0 radical (unpaired) electrons. The monoisotopic (exact) mass is 362 g/mol. The zero-order chi connectivity index (χ0) is 18.6. The van der Waals surface area contributed by atoms with Gasteiger partial charge in [0.1, 0.15) is 5.65 Å². The van der Waals surface area contributed by atoms with Crippen molar-refractivity contribution in [3.05, 3.63) is 71.7 Å². The number of fused-ring (bicyclic) bond motifs is 1. The topological polar surface area (TPSA) is 49.6 Å². The van der Waals surface area contributed by atoms with E-state index in [9.17, 15) is 4.79 Å². The van der Waals surface area contributed by atoms with Crippen molar-refractivity contribution in [3.8, 4) is 0 Å². The molecule has 0 bridgehead atoms. The minimum absolute atomic E-state index is 0.0712. The number of amides is 1. The van der Waals surface area contributed by atoms with Crippen LogP contribution in [0.2, 0.25) is 0 Å². The molecule has 27 heavy (non-hydrogen) atoms. The Morgan fingerprint density at radius 2 is 1.89 bits per heavy atom. The van der Waals surface area contributed by atoms with Gasteiger partial charge in [0.2, 0.25) is 5.91 Å². The van der Waals surface area contributed by atoms with Crippen LogP contribution in [0, 0.1) is 6.92 Å². The zero-order valence-electron chi connectivity index (χ0n) is 15.8. The molecule has 3 aromatic rings. The lowest BCUT2D eigenvalue weighted by Crippen LogP contribution is -2.41. The fraction of sp³-hybridized carbons (Fsp3) is 0.364. The van der Waals surface area contributed by atoms with Crippen molar-refractivity contribution >= 4 is 11.6 Å². The molecule has 0 unspecified atom stereocenters. The van der Waals surface area contributed by atoms with E-state index in [1.165, 1.54) is 5.56 Å². The number of aryl methyl sites for hydroxylation is 1. The van der Waals surface area contributed by atoms with Crippen LogP contribution in [0.5, 0.6) is 0 Å². The molecular formula is C22H26N4O. The Kier molecular flexibility index (Phi) is 5.21. The van der Waals surface area contributed by atoms with Crippen molar-refractivity contribution < 1.29 is 4.79 Å². The minimum atomic E-state index is 0.0712. The largest absolute Gasteiger partial charge is 0.349 e. The molecule has 1 N–H and O–H groups in total. The van der Waals surface area contributed by atoms with Gasteiger partial charge in [-0.25, -0.2) is 4.98 Å². The summed E-state index contributed by atoms with van der Waals surface area (Å²) in [6.07, 6.45) is 4.22. The first-order valence-electron chi connectivity index (χ1n) is 9.66. The molecule has 2 aromatic heterocycles. The lowest BCUT2D eigenvalue weighted by molar-refractivity contribution is -0.122. The van der Waals surface area contributed by atoms with Gasteiger partial charge in [-0.3, -0.25) is 9.69 Å². The Hall–Kier alpha value is -2.66. The number of aromatic nitrogens is 2. The van der Waals surface area contributed by atoms with Crippen LogP contribution in [0.15, 0.2) is 54.7 Å². The van der Waals surface area contributed by atoms with E-state index in [1.54, 1.807) is 0 Å². The van der Waals surface area contributed by atoms with Crippen LogP contribution in [0.1, 0.15) is 35.7 Å². The first-order valence-corrected chi connectivity index (χ1v) is 9.66. The highest BCUT2D eigenvalue weighted by Gasteiger charge is 2.21. The summed E-state index contributed by atoms with van der Waals surface area (Å²) in [7, 11) is 0. The van der Waals surface area contributed by atoms with Crippen molar-refractivity contribution in [2.75, 3.05) is 19.6 Å². The first-order chi connectivity index (χ1) is 13.2. The van der Waals surface area contributed by atoms with Gasteiger partial charge in [0.25, 0.3) is 0 Å². The van der Waals surface area contributed by atoms with Crippen molar-refractivity contribution in [2.24, 2.45) is 0 Å². The molecule has 3 heterocycles. The summed E-state index contributed by atoms with van der Waals surface area (Å²) in [5.41, 5.74) is 4.37. The van der Waals surface area contributed by atoms with Gasteiger partial charge in [-0.1, -0.05) is 36.4 Å². The van der Waals surface area contributed by atoms with E-state index in [-0.39, 0.29) is 5.91 Å². The van der Waals surface area contributed by atoms with Gasteiger partial charge in [-0.05, 0) is 56.5 Å². The van der Waals surface area contributed by atoms with Crippen LogP contribution < -0.4 is 5.32 Å². The van der Waals surface area contributed by atoms with Crippen molar-refractivity contribution in [1.29, 1.82) is 0 Å². The lowest BCUT2D eigenvalue weighted by atomic mass is 9.89. The van der Waals surface area contributed by atoms with Crippen molar-refractivity contribution in [2.45, 2.75) is 32.2 Å². The number of carbonyl (C=O) groups is 1. The molecule has 1 aliphatic rings. The Labute approximate surface area is 160 Å². The molecule has 1 aromatic carbocycles. The van der Waals surface area contributed by atoms with Gasteiger partial charge in [0.15, 0.2) is 0 Å².